The Labute approximate surface area is 111 Å². The van der Waals surface area contributed by atoms with Crippen molar-refractivity contribution >= 4 is 11.8 Å². The molecule has 4 nitrogen and oxygen atoms in total. The van der Waals surface area contributed by atoms with Crippen molar-refractivity contribution in [1.82, 2.24) is 0 Å². The summed E-state index contributed by atoms with van der Waals surface area (Å²) in [5, 5.41) is 28.6. The third-order valence-electron chi connectivity index (χ3n) is 2.35. The van der Waals surface area contributed by atoms with Gasteiger partial charge in [0.15, 0.2) is 0 Å². The molecule has 0 bridgehead atoms. The Balaban J connectivity index is 2.38. The van der Waals surface area contributed by atoms with Crippen molar-refractivity contribution in [1.29, 1.82) is 5.26 Å². The van der Waals surface area contributed by atoms with Crippen molar-refractivity contribution in [2.45, 2.75) is 17.8 Å². The average molecular weight is 267 g/mol. The van der Waals surface area contributed by atoms with Gasteiger partial charge in [0, 0.05) is 5.25 Å². The van der Waals surface area contributed by atoms with Crippen LogP contribution in [0.2, 0.25) is 0 Å². The summed E-state index contributed by atoms with van der Waals surface area (Å²) in [5.74, 6) is 0. The van der Waals surface area contributed by atoms with Gasteiger partial charge in [-0.25, -0.2) is 0 Å². The summed E-state index contributed by atoms with van der Waals surface area (Å²) >= 11 is 1.17. The van der Waals surface area contributed by atoms with Gasteiger partial charge in [-0.1, -0.05) is 30.3 Å². The first-order valence-electron chi connectivity index (χ1n) is 5.71. The van der Waals surface area contributed by atoms with Gasteiger partial charge in [0.05, 0.1) is 19.8 Å². The molecule has 18 heavy (non-hydrogen) atoms. The number of hydrogen-bond donors (Lipinski definition) is 2. The Hall–Kier alpha value is -1.06. The Bertz CT molecular complexity index is 366. The third kappa shape index (κ3) is 6.03. The number of nitrogens with zero attached hydrogens (tertiary/aromatic N) is 1. The summed E-state index contributed by atoms with van der Waals surface area (Å²) in [6, 6.07) is 9.88. The summed E-state index contributed by atoms with van der Waals surface area (Å²) in [5.41, 5.74) is 1.15. The molecule has 1 aromatic rings. The van der Waals surface area contributed by atoms with Crippen LogP contribution < -0.4 is 0 Å². The molecule has 2 atom stereocenters. The lowest BCUT2D eigenvalue weighted by molar-refractivity contribution is 0.00686. The number of thiocyanates is 1. The first-order chi connectivity index (χ1) is 8.76. The number of hydrogen-bond acceptors (Lipinski definition) is 5. The molecule has 2 unspecified atom stereocenters. The molecule has 1 aromatic carbocycles. The van der Waals surface area contributed by atoms with Crippen molar-refractivity contribution in [2.75, 3.05) is 19.8 Å². The van der Waals surface area contributed by atoms with Crippen LogP contribution in [-0.4, -0.2) is 41.4 Å². The first kappa shape index (κ1) is 15.0. The van der Waals surface area contributed by atoms with E-state index in [1.54, 1.807) is 0 Å². The number of benzene rings is 1. The number of aliphatic hydroxyl groups is 2. The molecular weight excluding hydrogens is 250 g/mol. The largest absolute Gasteiger partial charge is 0.394 e. The third-order valence-corrected chi connectivity index (χ3v) is 3.09. The van der Waals surface area contributed by atoms with Crippen LogP contribution in [-0.2, 0) is 11.2 Å². The van der Waals surface area contributed by atoms with E-state index in [9.17, 15) is 0 Å². The van der Waals surface area contributed by atoms with Crippen molar-refractivity contribution in [3.63, 3.8) is 0 Å². The number of thioether (sulfide) groups is 1. The van der Waals surface area contributed by atoms with Crippen LogP contribution in [0.25, 0.3) is 0 Å². The van der Waals surface area contributed by atoms with Crippen LogP contribution in [0.5, 0.6) is 0 Å². The van der Waals surface area contributed by atoms with Gasteiger partial charge in [0.25, 0.3) is 0 Å². The molecule has 2 N–H and O–H groups in total. The molecule has 0 fully saturated rings. The zero-order chi connectivity index (χ0) is 13.2. The van der Waals surface area contributed by atoms with Crippen molar-refractivity contribution in [3.8, 4) is 5.40 Å². The lowest BCUT2D eigenvalue weighted by atomic mass is 10.1. The topological polar surface area (TPSA) is 73.5 Å². The van der Waals surface area contributed by atoms with Crippen LogP contribution in [0, 0.1) is 10.7 Å². The molecule has 0 aromatic heterocycles. The van der Waals surface area contributed by atoms with E-state index in [-0.39, 0.29) is 18.5 Å². The highest BCUT2D eigenvalue weighted by Gasteiger charge is 2.12. The maximum Gasteiger partial charge on any atom is 0.133 e. The van der Waals surface area contributed by atoms with E-state index < -0.39 is 6.10 Å². The first-order valence-corrected chi connectivity index (χ1v) is 6.59. The lowest BCUT2D eigenvalue weighted by Crippen LogP contribution is -2.23. The molecule has 1 rings (SSSR count). The van der Waals surface area contributed by atoms with E-state index in [4.69, 9.17) is 20.2 Å². The summed E-state index contributed by atoms with van der Waals surface area (Å²) < 4.78 is 5.29. The minimum Gasteiger partial charge on any atom is -0.394 e. The number of nitriles is 1. The summed E-state index contributed by atoms with van der Waals surface area (Å²) in [6.45, 7) is 0.159. The predicted octanol–water partition coefficient (Wildman–Crippen LogP) is 1.18. The summed E-state index contributed by atoms with van der Waals surface area (Å²) in [4.78, 5) is 0. The molecule has 98 valence electrons. The SMILES string of the molecule is N#CSC(COCC(O)CO)Cc1ccccc1. The second-order valence-electron chi connectivity index (χ2n) is 3.89. The fourth-order valence-corrected chi connectivity index (χ4v) is 2.06. The highest BCUT2D eigenvalue weighted by atomic mass is 32.2. The molecule has 0 radical (unpaired) electrons. The van der Waals surface area contributed by atoms with Gasteiger partial charge in [0.1, 0.15) is 11.5 Å². The van der Waals surface area contributed by atoms with Crippen molar-refractivity contribution in [2.24, 2.45) is 0 Å². The van der Waals surface area contributed by atoms with Crippen LogP contribution >= 0.6 is 11.8 Å². The molecule has 0 heterocycles. The molecule has 0 saturated carbocycles. The van der Waals surface area contributed by atoms with Gasteiger partial charge in [0.2, 0.25) is 0 Å². The molecule has 0 amide bonds. The molecule has 0 aliphatic heterocycles. The number of ether oxygens (including phenoxy) is 1. The Kier molecular flexibility index (Phi) is 7.46. The maximum atomic E-state index is 9.14. The molecule has 5 heteroatoms. The Morgan fingerprint density at radius 3 is 2.61 bits per heavy atom. The molecule has 0 aliphatic carbocycles. The zero-order valence-corrected chi connectivity index (χ0v) is 10.8. The van der Waals surface area contributed by atoms with E-state index in [1.807, 2.05) is 30.3 Å². The second-order valence-corrected chi connectivity index (χ2v) is 4.98. The van der Waals surface area contributed by atoms with E-state index in [0.29, 0.717) is 6.61 Å². The van der Waals surface area contributed by atoms with Crippen LogP contribution in [0.3, 0.4) is 0 Å². The smallest absolute Gasteiger partial charge is 0.133 e. The minimum absolute atomic E-state index is 0.0308. The Morgan fingerprint density at radius 2 is 2.00 bits per heavy atom. The Morgan fingerprint density at radius 1 is 1.28 bits per heavy atom. The van der Waals surface area contributed by atoms with Gasteiger partial charge in [-0.15, -0.1) is 0 Å². The summed E-state index contributed by atoms with van der Waals surface area (Å²) in [7, 11) is 0. The summed E-state index contributed by atoms with van der Waals surface area (Å²) in [6.07, 6.45) is -0.108. The normalized spacial score (nSPS) is 13.8. The van der Waals surface area contributed by atoms with E-state index in [1.165, 1.54) is 11.8 Å². The zero-order valence-electron chi connectivity index (χ0n) is 10.0. The van der Waals surface area contributed by atoms with Crippen molar-refractivity contribution in [3.05, 3.63) is 35.9 Å². The minimum atomic E-state index is -0.852. The quantitative estimate of drug-likeness (QED) is 0.692. The van der Waals surface area contributed by atoms with E-state index in [0.717, 1.165) is 12.0 Å². The number of rotatable bonds is 8. The fraction of sp³-hybridized carbons (Fsp3) is 0.462. The average Bonchev–Trinajstić information content (AvgIpc) is 2.40. The van der Waals surface area contributed by atoms with E-state index >= 15 is 0 Å². The van der Waals surface area contributed by atoms with E-state index in [2.05, 4.69) is 5.40 Å². The van der Waals surface area contributed by atoms with Gasteiger partial charge in [-0.3, -0.25) is 0 Å². The lowest BCUT2D eigenvalue weighted by Gasteiger charge is -2.14. The molecule has 0 saturated heterocycles. The highest BCUT2D eigenvalue weighted by Crippen LogP contribution is 2.16. The van der Waals surface area contributed by atoms with Gasteiger partial charge >= 0.3 is 0 Å². The van der Waals surface area contributed by atoms with Crippen LogP contribution in [0.15, 0.2) is 30.3 Å². The highest BCUT2D eigenvalue weighted by molar-refractivity contribution is 8.04. The molecule has 0 aliphatic rings. The van der Waals surface area contributed by atoms with Crippen LogP contribution in [0.1, 0.15) is 5.56 Å². The maximum absolute atomic E-state index is 9.14. The molecule has 0 spiro atoms. The number of aliphatic hydroxyl groups excluding tert-OH is 2. The predicted molar refractivity (Wildman–Crippen MR) is 71.0 cm³/mol. The van der Waals surface area contributed by atoms with Gasteiger partial charge in [-0.2, -0.15) is 5.26 Å². The van der Waals surface area contributed by atoms with Crippen molar-refractivity contribution < 1.29 is 14.9 Å². The van der Waals surface area contributed by atoms with Gasteiger partial charge < -0.3 is 14.9 Å². The van der Waals surface area contributed by atoms with Gasteiger partial charge in [-0.05, 0) is 23.7 Å². The monoisotopic (exact) mass is 267 g/mol. The second kappa shape index (κ2) is 8.95. The van der Waals surface area contributed by atoms with Crippen LogP contribution in [0.4, 0.5) is 0 Å². The fourth-order valence-electron chi connectivity index (χ4n) is 1.47. The molecular formula is C13H17NO3S. The standard InChI is InChI=1S/C13H17NO3S/c14-10-18-13(9-17-8-12(16)7-15)6-11-4-2-1-3-5-11/h1-5,12-13,15-16H,6-9H2.